The molecule has 29 heavy (non-hydrogen) atoms. The summed E-state index contributed by atoms with van der Waals surface area (Å²) in [5, 5.41) is 0.733. The molecule has 6 heteroatoms. The summed E-state index contributed by atoms with van der Waals surface area (Å²) < 4.78 is 0. The van der Waals surface area contributed by atoms with Crippen molar-refractivity contribution in [1.82, 2.24) is 9.80 Å². The number of nitrogens with zero attached hydrogens (tertiary/aromatic N) is 3. The molecule has 2 saturated heterocycles. The van der Waals surface area contributed by atoms with Crippen LogP contribution in [0, 0.1) is 17.8 Å². The Labute approximate surface area is 180 Å². The van der Waals surface area contributed by atoms with Crippen LogP contribution in [0.1, 0.15) is 40.0 Å². The van der Waals surface area contributed by atoms with E-state index in [-0.39, 0.29) is 17.7 Å². The first-order chi connectivity index (χ1) is 13.8. The van der Waals surface area contributed by atoms with Crippen LogP contribution in [-0.2, 0) is 9.59 Å². The molecule has 2 aliphatic heterocycles. The van der Waals surface area contributed by atoms with E-state index in [4.69, 9.17) is 11.6 Å². The molecule has 160 valence electrons. The quantitative estimate of drug-likeness (QED) is 0.726. The molecule has 0 spiro atoms. The third-order valence-electron chi connectivity index (χ3n) is 6.07. The summed E-state index contributed by atoms with van der Waals surface area (Å²) in [4.78, 5) is 31.6. The zero-order valence-corrected chi connectivity index (χ0v) is 18.7. The normalized spacial score (nSPS) is 23.8. The van der Waals surface area contributed by atoms with Crippen molar-refractivity contribution in [2.45, 2.75) is 40.0 Å². The van der Waals surface area contributed by atoms with Crippen LogP contribution in [0.5, 0.6) is 0 Å². The standard InChI is InChI=1S/C23H34ClN3O2/c1-17(13-23(29)27-15-18(2)11-19(3)16-27)12-22(28)26-9-7-25(8-10-26)21-6-4-5-20(24)14-21/h4-6,14,17-19H,7-13,15-16H2,1-3H3/t17-,18-,19+/m1/s1. The number of halogens is 1. The number of piperidine rings is 1. The van der Waals surface area contributed by atoms with Gasteiger partial charge in [0.2, 0.25) is 11.8 Å². The zero-order valence-electron chi connectivity index (χ0n) is 17.9. The monoisotopic (exact) mass is 419 g/mol. The minimum atomic E-state index is 0.0773. The van der Waals surface area contributed by atoms with Gasteiger partial charge in [-0.25, -0.2) is 0 Å². The third-order valence-corrected chi connectivity index (χ3v) is 6.31. The van der Waals surface area contributed by atoms with E-state index >= 15 is 0 Å². The molecule has 2 aliphatic rings. The zero-order chi connectivity index (χ0) is 21.0. The van der Waals surface area contributed by atoms with Gasteiger partial charge in [0.25, 0.3) is 0 Å². The van der Waals surface area contributed by atoms with Crippen LogP contribution in [0.15, 0.2) is 24.3 Å². The molecule has 5 nitrogen and oxygen atoms in total. The van der Waals surface area contributed by atoms with E-state index in [9.17, 15) is 9.59 Å². The van der Waals surface area contributed by atoms with Crippen LogP contribution in [0.4, 0.5) is 5.69 Å². The van der Waals surface area contributed by atoms with Crippen molar-refractivity contribution < 1.29 is 9.59 Å². The fraction of sp³-hybridized carbons (Fsp3) is 0.652. The summed E-state index contributed by atoms with van der Waals surface area (Å²) >= 11 is 6.09. The molecule has 2 amide bonds. The number of rotatable bonds is 5. The highest BCUT2D eigenvalue weighted by atomic mass is 35.5. The van der Waals surface area contributed by atoms with Crippen LogP contribution < -0.4 is 4.90 Å². The van der Waals surface area contributed by atoms with Crippen molar-refractivity contribution >= 4 is 29.1 Å². The van der Waals surface area contributed by atoms with E-state index in [1.54, 1.807) is 0 Å². The summed E-state index contributed by atoms with van der Waals surface area (Å²) in [5.74, 6) is 1.57. The summed E-state index contributed by atoms with van der Waals surface area (Å²) in [6.45, 7) is 11.2. The Hall–Kier alpha value is -1.75. The smallest absolute Gasteiger partial charge is 0.222 e. The summed E-state index contributed by atoms with van der Waals surface area (Å²) in [6, 6.07) is 7.85. The average molecular weight is 420 g/mol. The molecule has 0 saturated carbocycles. The number of carbonyl (C=O) groups is 2. The first-order valence-electron chi connectivity index (χ1n) is 10.9. The average Bonchev–Trinajstić information content (AvgIpc) is 2.67. The van der Waals surface area contributed by atoms with Crippen molar-refractivity contribution in [3.05, 3.63) is 29.3 Å². The van der Waals surface area contributed by atoms with Crippen molar-refractivity contribution in [2.75, 3.05) is 44.2 Å². The Bertz CT molecular complexity index is 708. The molecular formula is C23H34ClN3O2. The second-order valence-corrected chi connectivity index (χ2v) is 9.54. The topological polar surface area (TPSA) is 43.9 Å². The highest BCUT2D eigenvalue weighted by molar-refractivity contribution is 6.30. The van der Waals surface area contributed by atoms with Gasteiger partial charge in [0.1, 0.15) is 0 Å². The Balaban J connectivity index is 1.44. The van der Waals surface area contributed by atoms with E-state index in [2.05, 4.69) is 24.8 Å². The number of carbonyl (C=O) groups excluding carboxylic acids is 2. The third kappa shape index (κ3) is 6.11. The summed E-state index contributed by atoms with van der Waals surface area (Å²) in [5.41, 5.74) is 1.11. The van der Waals surface area contributed by atoms with Gasteiger partial charge in [0.15, 0.2) is 0 Å². The lowest BCUT2D eigenvalue weighted by molar-refractivity contribution is -0.136. The highest BCUT2D eigenvalue weighted by Gasteiger charge is 2.28. The van der Waals surface area contributed by atoms with Gasteiger partial charge in [-0.15, -0.1) is 0 Å². The molecule has 0 aliphatic carbocycles. The molecule has 1 aromatic rings. The van der Waals surface area contributed by atoms with Crippen LogP contribution in [-0.4, -0.2) is 60.9 Å². The lowest BCUT2D eigenvalue weighted by atomic mass is 9.91. The predicted molar refractivity (Wildman–Crippen MR) is 118 cm³/mol. The SMILES string of the molecule is C[C@H](CC(=O)N1CCN(c2cccc(Cl)c2)CC1)CC(=O)N1C[C@H](C)C[C@H](C)C1. The maximum Gasteiger partial charge on any atom is 0.222 e. The minimum Gasteiger partial charge on any atom is -0.368 e. The molecular weight excluding hydrogens is 386 g/mol. The van der Waals surface area contributed by atoms with Crippen molar-refractivity contribution in [2.24, 2.45) is 17.8 Å². The van der Waals surface area contributed by atoms with E-state index in [0.717, 1.165) is 36.9 Å². The van der Waals surface area contributed by atoms with Gasteiger partial charge in [-0.2, -0.15) is 0 Å². The summed E-state index contributed by atoms with van der Waals surface area (Å²) in [7, 11) is 0. The number of hydrogen-bond acceptors (Lipinski definition) is 3. The maximum absolute atomic E-state index is 12.7. The fourth-order valence-electron chi connectivity index (χ4n) is 4.68. The molecule has 0 radical (unpaired) electrons. The minimum absolute atomic E-state index is 0.0773. The number of benzene rings is 1. The predicted octanol–water partition coefficient (Wildman–Crippen LogP) is 3.91. The number of piperazine rings is 1. The van der Waals surface area contributed by atoms with Crippen LogP contribution in [0.3, 0.4) is 0 Å². The van der Waals surface area contributed by atoms with Crippen molar-refractivity contribution in [1.29, 1.82) is 0 Å². The largest absolute Gasteiger partial charge is 0.368 e. The Morgan fingerprint density at radius 3 is 2.17 bits per heavy atom. The van der Waals surface area contributed by atoms with Gasteiger partial charge in [-0.05, 0) is 42.4 Å². The Kier molecular flexibility index (Phi) is 7.44. The van der Waals surface area contributed by atoms with Crippen molar-refractivity contribution in [3.8, 4) is 0 Å². The van der Waals surface area contributed by atoms with E-state index in [1.807, 2.05) is 34.9 Å². The van der Waals surface area contributed by atoms with E-state index in [0.29, 0.717) is 37.8 Å². The Morgan fingerprint density at radius 1 is 1.00 bits per heavy atom. The van der Waals surface area contributed by atoms with Gasteiger partial charge < -0.3 is 14.7 Å². The molecule has 2 heterocycles. The molecule has 0 aromatic heterocycles. The van der Waals surface area contributed by atoms with Gasteiger partial charge in [0.05, 0.1) is 0 Å². The number of hydrogen-bond donors (Lipinski definition) is 0. The Morgan fingerprint density at radius 2 is 1.59 bits per heavy atom. The summed E-state index contributed by atoms with van der Waals surface area (Å²) in [6.07, 6.45) is 2.11. The van der Waals surface area contributed by atoms with Gasteiger partial charge in [-0.3, -0.25) is 9.59 Å². The number of amides is 2. The highest BCUT2D eigenvalue weighted by Crippen LogP contribution is 2.24. The first-order valence-corrected chi connectivity index (χ1v) is 11.3. The van der Waals surface area contributed by atoms with Crippen LogP contribution >= 0.6 is 11.6 Å². The fourth-order valence-corrected chi connectivity index (χ4v) is 4.86. The van der Waals surface area contributed by atoms with Crippen molar-refractivity contribution in [3.63, 3.8) is 0 Å². The maximum atomic E-state index is 12.7. The van der Waals surface area contributed by atoms with E-state index in [1.165, 1.54) is 6.42 Å². The number of anilines is 1. The molecule has 2 fully saturated rings. The first kappa shape index (κ1) is 21.9. The molecule has 0 unspecified atom stereocenters. The van der Waals surface area contributed by atoms with Gasteiger partial charge in [-0.1, -0.05) is 38.4 Å². The molecule has 0 bridgehead atoms. The van der Waals surface area contributed by atoms with Gasteiger partial charge >= 0.3 is 0 Å². The molecule has 3 rings (SSSR count). The lowest BCUT2D eigenvalue weighted by Gasteiger charge is -2.37. The molecule has 1 aromatic carbocycles. The van der Waals surface area contributed by atoms with Crippen LogP contribution in [0.25, 0.3) is 0 Å². The molecule has 3 atom stereocenters. The van der Waals surface area contributed by atoms with E-state index < -0.39 is 0 Å². The number of likely N-dealkylation sites (tertiary alicyclic amines) is 1. The lowest BCUT2D eigenvalue weighted by Crippen LogP contribution is -2.49. The van der Waals surface area contributed by atoms with Crippen LogP contribution in [0.2, 0.25) is 5.02 Å². The second-order valence-electron chi connectivity index (χ2n) is 9.11. The molecule has 0 N–H and O–H groups in total. The second kappa shape index (κ2) is 9.84. The van der Waals surface area contributed by atoms with Gasteiger partial charge in [0, 0.05) is 62.8 Å².